The van der Waals surface area contributed by atoms with E-state index in [1.54, 1.807) is 12.3 Å². The van der Waals surface area contributed by atoms with Crippen LogP contribution in [0.15, 0.2) is 18.3 Å². The predicted octanol–water partition coefficient (Wildman–Crippen LogP) is 1.74. The summed E-state index contributed by atoms with van der Waals surface area (Å²) in [7, 11) is 3.95. The number of hydrogen-bond acceptors (Lipinski definition) is 2. The van der Waals surface area contributed by atoms with Crippen molar-refractivity contribution in [1.29, 1.82) is 0 Å². The molecule has 1 radical (unpaired) electrons. The number of aromatic nitrogens is 1. The SMILES string of the molecule is CN(C)Cc1c(O)ccc2[c]c[nH]c12. The predicted molar refractivity (Wildman–Crippen MR) is 56.2 cm³/mol. The average molecular weight is 189 g/mol. The van der Waals surface area contributed by atoms with Gasteiger partial charge in [-0.05, 0) is 26.2 Å². The fourth-order valence-electron chi connectivity index (χ4n) is 1.58. The van der Waals surface area contributed by atoms with Crippen LogP contribution in [0.5, 0.6) is 5.75 Å². The second-order valence-electron chi connectivity index (χ2n) is 3.66. The van der Waals surface area contributed by atoms with Crippen LogP contribution in [0.2, 0.25) is 0 Å². The lowest BCUT2D eigenvalue weighted by molar-refractivity contribution is 0.387. The molecule has 0 aliphatic rings. The highest BCUT2D eigenvalue weighted by Gasteiger charge is 2.08. The lowest BCUT2D eigenvalue weighted by Gasteiger charge is -2.12. The van der Waals surface area contributed by atoms with Crippen LogP contribution in [-0.4, -0.2) is 29.1 Å². The molecule has 0 aliphatic heterocycles. The minimum absolute atomic E-state index is 0.335. The van der Waals surface area contributed by atoms with Gasteiger partial charge in [0.25, 0.3) is 0 Å². The molecule has 2 rings (SSSR count). The number of rotatable bonds is 2. The van der Waals surface area contributed by atoms with Gasteiger partial charge in [0.15, 0.2) is 0 Å². The van der Waals surface area contributed by atoms with E-state index in [9.17, 15) is 5.11 Å². The third kappa shape index (κ3) is 1.46. The zero-order chi connectivity index (χ0) is 10.1. The summed E-state index contributed by atoms with van der Waals surface area (Å²) in [5.41, 5.74) is 1.90. The maximum absolute atomic E-state index is 9.72. The number of hydrogen-bond donors (Lipinski definition) is 2. The number of nitrogens with zero attached hydrogens (tertiary/aromatic N) is 1. The normalized spacial score (nSPS) is 11.4. The molecule has 73 valence electrons. The van der Waals surface area contributed by atoms with Crippen LogP contribution in [0.4, 0.5) is 0 Å². The number of nitrogens with one attached hydrogen (secondary N) is 1. The Morgan fingerprint density at radius 1 is 1.43 bits per heavy atom. The summed E-state index contributed by atoms with van der Waals surface area (Å²) in [6.07, 6.45) is 1.77. The molecule has 0 unspecified atom stereocenters. The first-order valence-electron chi connectivity index (χ1n) is 4.53. The molecule has 0 aliphatic carbocycles. The molecule has 0 amide bonds. The summed E-state index contributed by atoms with van der Waals surface area (Å²) < 4.78 is 0. The van der Waals surface area contributed by atoms with E-state index in [4.69, 9.17) is 0 Å². The molecule has 3 nitrogen and oxygen atoms in total. The number of benzene rings is 1. The van der Waals surface area contributed by atoms with Crippen LogP contribution in [0.3, 0.4) is 0 Å². The first-order chi connectivity index (χ1) is 6.68. The molecule has 0 atom stereocenters. The van der Waals surface area contributed by atoms with Gasteiger partial charge in [-0.2, -0.15) is 0 Å². The zero-order valence-corrected chi connectivity index (χ0v) is 8.33. The summed E-state index contributed by atoms with van der Waals surface area (Å²) in [6.45, 7) is 0.720. The molecular formula is C11H13N2O. The van der Waals surface area contributed by atoms with Gasteiger partial charge in [0.2, 0.25) is 0 Å². The third-order valence-corrected chi connectivity index (χ3v) is 2.21. The Morgan fingerprint density at radius 3 is 2.93 bits per heavy atom. The van der Waals surface area contributed by atoms with Gasteiger partial charge < -0.3 is 15.0 Å². The van der Waals surface area contributed by atoms with Crippen molar-refractivity contribution >= 4 is 10.9 Å². The van der Waals surface area contributed by atoms with Crippen molar-refractivity contribution in [1.82, 2.24) is 9.88 Å². The van der Waals surface area contributed by atoms with Gasteiger partial charge in [0, 0.05) is 29.8 Å². The lowest BCUT2D eigenvalue weighted by Crippen LogP contribution is -2.11. The van der Waals surface area contributed by atoms with Crippen molar-refractivity contribution in [2.24, 2.45) is 0 Å². The Balaban J connectivity index is 2.58. The molecular weight excluding hydrogens is 176 g/mol. The van der Waals surface area contributed by atoms with Crippen LogP contribution >= 0.6 is 0 Å². The van der Waals surface area contributed by atoms with Crippen molar-refractivity contribution in [3.8, 4) is 5.75 Å². The quantitative estimate of drug-likeness (QED) is 0.755. The third-order valence-electron chi connectivity index (χ3n) is 2.21. The van der Waals surface area contributed by atoms with Crippen LogP contribution < -0.4 is 0 Å². The number of aromatic amines is 1. The Labute approximate surface area is 83.0 Å². The number of phenols is 1. The first kappa shape index (κ1) is 9.09. The molecule has 3 heteroatoms. The van der Waals surface area contributed by atoms with E-state index in [2.05, 4.69) is 11.1 Å². The lowest BCUT2D eigenvalue weighted by atomic mass is 10.1. The van der Waals surface area contributed by atoms with Gasteiger partial charge >= 0.3 is 0 Å². The van der Waals surface area contributed by atoms with Crippen LogP contribution in [0.1, 0.15) is 5.56 Å². The smallest absolute Gasteiger partial charge is 0.122 e. The number of fused-ring (bicyclic) bond motifs is 1. The maximum Gasteiger partial charge on any atom is 0.122 e. The van der Waals surface area contributed by atoms with Crippen molar-refractivity contribution in [3.05, 3.63) is 30.0 Å². The summed E-state index contributed by atoms with van der Waals surface area (Å²) in [5, 5.41) is 10.7. The van der Waals surface area contributed by atoms with E-state index in [-0.39, 0.29) is 0 Å². The molecule has 0 saturated carbocycles. The number of phenolic OH excluding ortho intramolecular Hbond substituents is 1. The van der Waals surface area contributed by atoms with Crippen molar-refractivity contribution in [2.75, 3.05) is 14.1 Å². The van der Waals surface area contributed by atoms with Gasteiger partial charge in [-0.3, -0.25) is 0 Å². The van der Waals surface area contributed by atoms with Crippen molar-refractivity contribution < 1.29 is 5.11 Å². The van der Waals surface area contributed by atoms with Gasteiger partial charge in [0.05, 0.1) is 5.52 Å². The summed E-state index contributed by atoms with van der Waals surface area (Å²) in [6, 6.07) is 6.65. The van der Waals surface area contributed by atoms with Gasteiger partial charge in [0.1, 0.15) is 5.75 Å². The molecule has 0 fully saturated rings. The molecule has 2 N–H and O–H groups in total. The molecule has 14 heavy (non-hydrogen) atoms. The molecule has 2 aromatic rings. The fourth-order valence-corrected chi connectivity index (χ4v) is 1.58. The Bertz CT molecular complexity index is 445. The first-order valence-corrected chi connectivity index (χ1v) is 4.53. The molecule has 1 aromatic heterocycles. The molecule has 1 aromatic carbocycles. The molecule has 0 bridgehead atoms. The summed E-state index contributed by atoms with van der Waals surface area (Å²) >= 11 is 0. The van der Waals surface area contributed by atoms with E-state index < -0.39 is 0 Å². The van der Waals surface area contributed by atoms with Crippen molar-refractivity contribution in [3.63, 3.8) is 0 Å². The zero-order valence-electron chi connectivity index (χ0n) is 8.33. The average Bonchev–Trinajstić information content (AvgIpc) is 2.57. The molecule has 0 saturated heterocycles. The molecule has 0 spiro atoms. The molecule has 1 heterocycles. The fraction of sp³-hybridized carbons (Fsp3) is 0.273. The van der Waals surface area contributed by atoms with Crippen molar-refractivity contribution in [2.45, 2.75) is 6.54 Å². The topological polar surface area (TPSA) is 39.3 Å². The summed E-state index contributed by atoms with van der Waals surface area (Å²) in [4.78, 5) is 5.12. The maximum atomic E-state index is 9.72. The van der Waals surface area contributed by atoms with E-state index in [1.165, 1.54) is 0 Å². The number of H-pyrrole nitrogens is 1. The monoisotopic (exact) mass is 189 g/mol. The van der Waals surface area contributed by atoms with E-state index in [0.29, 0.717) is 5.75 Å². The van der Waals surface area contributed by atoms with Gasteiger partial charge in [-0.1, -0.05) is 0 Å². The summed E-state index contributed by atoms with van der Waals surface area (Å²) in [5.74, 6) is 0.335. The Morgan fingerprint density at radius 2 is 2.21 bits per heavy atom. The minimum atomic E-state index is 0.335. The van der Waals surface area contributed by atoms with E-state index >= 15 is 0 Å². The largest absolute Gasteiger partial charge is 0.508 e. The van der Waals surface area contributed by atoms with Gasteiger partial charge in [-0.25, -0.2) is 0 Å². The highest BCUT2D eigenvalue weighted by Crippen LogP contribution is 2.26. The van der Waals surface area contributed by atoms with Gasteiger partial charge in [-0.15, -0.1) is 0 Å². The standard InChI is InChI=1S/C11H13N2O/c1-13(2)7-9-10(14)4-3-8-5-6-12-11(8)9/h3-4,6,12,14H,7H2,1-2H3. The van der Waals surface area contributed by atoms with Crippen LogP contribution in [-0.2, 0) is 6.54 Å². The highest BCUT2D eigenvalue weighted by atomic mass is 16.3. The van der Waals surface area contributed by atoms with E-state index in [1.807, 2.05) is 25.1 Å². The van der Waals surface area contributed by atoms with E-state index in [0.717, 1.165) is 23.0 Å². The Kier molecular flexibility index (Phi) is 2.17. The Hall–Kier alpha value is -1.48. The highest BCUT2D eigenvalue weighted by molar-refractivity contribution is 5.84. The van der Waals surface area contributed by atoms with Crippen LogP contribution in [0.25, 0.3) is 10.9 Å². The second kappa shape index (κ2) is 3.35. The minimum Gasteiger partial charge on any atom is -0.508 e. The second-order valence-corrected chi connectivity index (χ2v) is 3.66. The number of aromatic hydroxyl groups is 1. The van der Waals surface area contributed by atoms with Crippen LogP contribution in [0, 0.1) is 6.07 Å².